The first-order valence-corrected chi connectivity index (χ1v) is 13.7. The van der Waals surface area contributed by atoms with Crippen LogP contribution < -0.4 is 4.74 Å². The largest absolute Gasteiger partial charge is 0.497 e. The van der Waals surface area contributed by atoms with Gasteiger partial charge in [0.1, 0.15) is 16.7 Å². The summed E-state index contributed by atoms with van der Waals surface area (Å²) < 4.78 is 34.7. The average molecular weight is 502 g/mol. The van der Waals surface area contributed by atoms with Gasteiger partial charge in [0.2, 0.25) is 0 Å². The second-order valence-electron chi connectivity index (χ2n) is 8.70. The minimum Gasteiger partial charge on any atom is -0.497 e. The SMILES string of the molecule is COc1ccc([C@H]2[C@H](c3ccccc3[S@@](=O)c3ccc(C)cc3)N2[S@@](=O)c2ccc(C)cc2)cc1. The summed E-state index contributed by atoms with van der Waals surface area (Å²) in [6.07, 6.45) is 0. The van der Waals surface area contributed by atoms with Crippen molar-refractivity contribution in [1.29, 1.82) is 0 Å². The predicted molar refractivity (Wildman–Crippen MR) is 140 cm³/mol. The Hall–Kier alpha value is -3.06. The van der Waals surface area contributed by atoms with Crippen molar-refractivity contribution >= 4 is 21.8 Å². The first-order chi connectivity index (χ1) is 17.0. The molecule has 4 nitrogen and oxygen atoms in total. The zero-order valence-electron chi connectivity index (χ0n) is 19.9. The highest BCUT2D eigenvalue weighted by Gasteiger charge is 2.54. The number of ether oxygens (including phenoxy) is 1. The Kier molecular flexibility index (Phi) is 6.69. The Bertz CT molecular complexity index is 1380. The van der Waals surface area contributed by atoms with Crippen LogP contribution in [0, 0.1) is 13.8 Å². The summed E-state index contributed by atoms with van der Waals surface area (Å²) >= 11 is 0. The van der Waals surface area contributed by atoms with Crippen LogP contribution >= 0.6 is 0 Å². The van der Waals surface area contributed by atoms with E-state index < -0.39 is 21.8 Å². The number of methoxy groups -OCH3 is 1. The summed E-state index contributed by atoms with van der Waals surface area (Å²) in [6, 6.07) is 31.0. The van der Waals surface area contributed by atoms with Gasteiger partial charge in [-0.15, -0.1) is 0 Å². The van der Waals surface area contributed by atoms with E-state index in [1.165, 1.54) is 0 Å². The van der Waals surface area contributed by atoms with Crippen molar-refractivity contribution in [3.63, 3.8) is 0 Å². The molecule has 1 aliphatic heterocycles. The van der Waals surface area contributed by atoms with Gasteiger partial charge in [-0.3, -0.25) is 0 Å². The molecule has 0 bridgehead atoms. The fraction of sp³-hybridized carbons (Fsp3) is 0.172. The summed E-state index contributed by atoms with van der Waals surface area (Å²) in [5.41, 5.74) is 4.24. The van der Waals surface area contributed by atoms with E-state index >= 15 is 0 Å². The zero-order valence-corrected chi connectivity index (χ0v) is 21.5. The van der Waals surface area contributed by atoms with Gasteiger partial charge in [0.25, 0.3) is 0 Å². The van der Waals surface area contributed by atoms with Crippen molar-refractivity contribution in [2.75, 3.05) is 7.11 Å². The van der Waals surface area contributed by atoms with E-state index in [-0.39, 0.29) is 12.1 Å². The Morgan fingerprint density at radius 2 is 1.26 bits per heavy atom. The van der Waals surface area contributed by atoms with E-state index in [4.69, 9.17) is 4.74 Å². The van der Waals surface area contributed by atoms with Crippen LogP contribution in [0.2, 0.25) is 0 Å². The van der Waals surface area contributed by atoms with Crippen molar-refractivity contribution < 1.29 is 13.2 Å². The molecule has 0 amide bonds. The van der Waals surface area contributed by atoms with Crippen LogP contribution in [0.4, 0.5) is 0 Å². The van der Waals surface area contributed by atoms with Gasteiger partial charge in [0.05, 0.1) is 34.9 Å². The molecule has 0 aromatic heterocycles. The Labute approximate surface area is 211 Å². The molecule has 4 aromatic carbocycles. The number of hydrogen-bond acceptors (Lipinski definition) is 3. The third-order valence-corrected chi connectivity index (χ3v) is 9.29. The number of nitrogens with zero attached hydrogens (tertiary/aromatic N) is 1. The molecule has 0 radical (unpaired) electrons. The molecule has 0 saturated carbocycles. The molecule has 1 saturated heterocycles. The monoisotopic (exact) mass is 501 g/mol. The van der Waals surface area contributed by atoms with E-state index in [0.29, 0.717) is 0 Å². The quantitative estimate of drug-likeness (QED) is 0.279. The first kappa shape index (κ1) is 23.7. The predicted octanol–water partition coefficient (Wildman–Crippen LogP) is 6.30. The van der Waals surface area contributed by atoms with E-state index in [1.54, 1.807) is 7.11 Å². The lowest BCUT2D eigenvalue weighted by Crippen LogP contribution is -2.06. The van der Waals surface area contributed by atoms with Crippen LogP contribution in [0.25, 0.3) is 0 Å². The van der Waals surface area contributed by atoms with Gasteiger partial charge in [-0.05, 0) is 67.4 Å². The molecule has 5 atom stereocenters. The van der Waals surface area contributed by atoms with Gasteiger partial charge in [-0.25, -0.2) is 12.7 Å². The molecule has 178 valence electrons. The van der Waals surface area contributed by atoms with E-state index in [0.717, 1.165) is 42.7 Å². The molecule has 5 rings (SSSR count). The molecule has 1 heterocycles. The minimum atomic E-state index is -1.37. The highest BCUT2D eigenvalue weighted by molar-refractivity contribution is 7.85. The maximum absolute atomic E-state index is 13.7. The van der Waals surface area contributed by atoms with Gasteiger partial charge in [-0.2, -0.15) is 0 Å². The van der Waals surface area contributed by atoms with Crippen LogP contribution in [0.1, 0.15) is 34.3 Å². The lowest BCUT2D eigenvalue weighted by atomic mass is 10.0. The number of aryl methyl sites for hydroxylation is 2. The van der Waals surface area contributed by atoms with Crippen LogP contribution in [-0.4, -0.2) is 19.8 Å². The number of hydrogen-bond donors (Lipinski definition) is 0. The maximum atomic E-state index is 13.7. The molecule has 0 aliphatic carbocycles. The van der Waals surface area contributed by atoms with Crippen molar-refractivity contribution in [2.24, 2.45) is 0 Å². The van der Waals surface area contributed by atoms with Crippen LogP contribution in [0.15, 0.2) is 112 Å². The fourth-order valence-corrected chi connectivity index (χ4v) is 6.99. The van der Waals surface area contributed by atoms with E-state index in [9.17, 15) is 8.42 Å². The number of benzene rings is 4. The highest BCUT2D eigenvalue weighted by Crippen LogP contribution is 2.58. The molecule has 6 heteroatoms. The topological polar surface area (TPSA) is 46.4 Å². The molecular formula is C29H27NO3S2. The molecule has 0 N–H and O–H groups in total. The third kappa shape index (κ3) is 4.74. The highest BCUT2D eigenvalue weighted by atomic mass is 32.2. The molecule has 1 aliphatic rings. The van der Waals surface area contributed by atoms with Gasteiger partial charge in [-0.1, -0.05) is 65.7 Å². The second kappa shape index (κ2) is 9.90. The van der Waals surface area contributed by atoms with Crippen molar-refractivity contribution in [2.45, 2.75) is 40.6 Å². The normalized spacial score (nSPS) is 20.7. The summed E-state index contributed by atoms with van der Waals surface area (Å²) in [5.74, 6) is 0.776. The standard InChI is InChI=1S/C29H27NO3S2/c1-20-8-16-24(17-9-20)34(31)27-7-5-4-6-26(27)29-28(22-12-14-23(33-3)15-13-22)30(29)35(32)25-18-10-21(2)11-19-25/h4-19,28-29H,1-3H3/t28-,29-,30?,34-,35-/m0/s1. The molecule has 0 spiro atoms. The Balaban J connectivity index is 1.55. The van der Waals surface area contributed by atoms with Crippen LogP contribution in [0.5, 0.6) is 5.75 Å². The first-order valence-electron chi connectivity index (χ1n) is 11.5. The summed E-state index contributed by atoms with van der Waals surface area (Å²) in [4.78, 5) is 2.27. The lowest BCUT2D eigenvalue weighted by Gasteiger charge is -2.10. The van der Waals surface area contributed by atoms with Gasteiger partial charge in [0, 0.05) is 9.79 Å². The maximum Gasteiger partial charge on any atom is 0.128 e. The molecule has 35 heavy (non-hydrogen) atoms. The molecule has 1 fully saturated rings. The summed E-state index contributed by atoms with van der Waals surface area (Å²) in [5, 5.41) is 0. The van der Waals surface area contributed by atoms with Gasteiger partial charge >= 0.3 is 0 Å². The summed E-state index contributed by atoms with van der Waals surface area (Å²) in [7, 11) is -1.07. The smallest absolute Gasteiger partial charge is 0.128 e. The van der Waals surface area contributed by atoms with Crippen LogP contribution in [-0.2, 0) is 21.8 Å². The molecular weight excluding hydrogens is 474 g/mol. The van der Waals surface area contributed by atoms with E-state index in [2.05, 4.69) is 0 Å². The number of rotatable bonds is 7. The molecule has 1 unspecified atom stereocenters. The van der Waals surface area contributed by atoms with Gasteiger partial charge < -0.3 is 4.74 Å². The lowest BCUT2D eigenvalue weighted by molar-refractivity contribution is 0.414. The van der Waals surface area contributed by atoms with Crippen LogP contribution in [0.3, 0.4) is 0 Å². The zero-order chi connectivity index (χ0) is 24.5. The van der Waals surface area contributed by atoms with Crippen molar-refractivity contribution in [3.05, 3.63) is 119 Å². The Morgan fingerprint density at radius 1 is 0.686 bits per heavy atom. The third-order valence-electron chi connectivity index (χ3n) is 6.30. The summed E-state index contributed by atoms with van der Waals surface area (Å²) in [6.45, 7) is 4.03. The van der Waals surface area contributed by atoms with Crippen molar-refractivity contribution in [3.8, 4) is 5.75 Å². The Morgan fingerprint density at radius 3 is 1.86 bits per heavy atom. The van der Waals surface area contributed by atoms with Gasteiger partial charge in [0.15, 0.2) is 0 Å². The minimum absolute atomic E-state index is 0.0980. The average Bonchev–Trinajstić information content (AvgIpc) is 3.64. The molecule has 4 aromatic rings. The van der Waals surface area contributed by atoms with Crippen molar-refractivity contribution in [1.82, 2.24) is 4.31 Å². The fourth-order valence-electron chi connectivity index (χ4n) is 4.31. The second-order valence-corrected chi connectivity index (χ2v) is 11.5. The van der Waals surface area contributed by atoms with E-state index in [1.807, 2.05) is 115 Å².